The highest BCUT2D eigenvalue weighted by Gasteiger charge is 2.30. The standard InChI is InChI=1S/C14H16F3NO/c15-14(16,17)12-5-3-4-11(8-12)9-18-7-2-1-6-13(18)10-19/h3-5,8,10,13H,1-2,6-7,9H2. The van der Waals surface area contributed by atoms with Crippen molar-refractivity contribution in [3.8, 4) is 0 Å². The molecule has 1 aliphatic heterocycles. The van der Waals surface area contributed by atoms with Gasteiger partial charge in [0.25, 0.3) is 0 Å². The summed E-state index contributed by atoms with van der Waals surface area (Å²) >= 11 is 0. The predicted molar refractivity (Wildman–Crippen MR) is 65.6 cm³/mol. The summed E-state index contributed by atoms with van der Waals surface area (Å²) in [7, 11) is 0. The molecule has 0 aromatic heterocycles. The SMILES string of the molecule is O=CC1CCCCN1Cc1cccc(C(F)(F)F)c1. The number of hydrogen-bond donors (Lipinski definition) is 0. The fraction of sp³-hybridized carbons (Fsp3) is 0.500. The lowest BCUT2D eigenvalue weighted by Gasteiger charge is -2.32. The van der Waals surface area contributed by atoms with Gasteiger partial charge in [0, 0.05) is 6.54 Å². The predicted octanol–water partition coefficient (Wildman–Crippen LogP) is 3.26. The van der Waals surface area contributed by atoms with Crippen molar-refractivity contribution in [3.63, 3.8) is 0 Å². The highest BCUT2D eigenvalue weighted by molar-refractivity contribution is 5.57. The molecular weight excluding hydrogens is 255 g/mol. The fourth-order valence-electron chi connectivity index (χ4n) is 2.45. The Balaban J connectivity index is 2.12. The normalized spacial score (nSPS) is 21.3. The third kappa shape index (κ3) is 3.56. The van der Waals surface area contributed by atoms with E-state index >= 15 is 0 Å². The first-order chi connectivity index (χ1) is 9.00. The minimum absolute atomic E-state index is 0.164. The second-order valence-corrected chi connectivity index (χ2v) is 4.87. The molecule has 1 aliphatic rings. The Morgan fingerprint density at radius 2 is 2.11 bits per heavy atom. The average Bonchev–Trinajstić information content (AvgIpc) is 2.39. The van der Waals surface area contributed by atoms with Gasteiger partial charge in [0.15, 0.2) is 0 Å². The van der Waals surface area contributed by atoms with Crippen LogP contribution in [0.3, 0.4) is 0 Å². The molecule has 0 aliphatic carbocycles. The van der Waals surface area contributed by atoms with Crippen LogP contribution in [-0.4, -0.2) is 23.8 Å². The monoisotopic (exact) mass is 271 g/mol. The summed E-state index contributed by atoms with van der Waals surface area (Å²) in [6.07, 6.45) is -0.636. The second kappa shape index (κ2) is 5.74. The Bertz CT molecular complexity index is 445. The number of likely N-dealkylation sites (tertiary alicyclic amines) is 1. The van der Waals surface area contributed by atoms with Crippen molar-refractivity contribution >= 4 is 6.29 Å². The van der Waals surface area contributed by atoms with Gasteiger partial charge in [-0.1, -0.05) is 24.6 Å². The molecule has 1 unspecified atom stereocenters. The lowest BCUT2D eigenvalue weighted by molar-refractivity contribution is -0.137. The molecule has 1 atom stereocenters. The molecular formula is C14H16F3NO. The van der Waals surface area contributed by atoms with Crippen LogP contribution in [0.4, 0.5) is 13.2 Å². The molecule has 1 fully saturated rings. The van der Waals surface area contributed by atoms with Crippen molar-refractivity contribution in [1.29, 1.82) is 0 Å². The number of hydrogen-bond acceptors (Lipinski definition) is 2. The minimum atomic E-state index is -4.32. The van der Waals surface area contributed by atoms with Crippen molar-refractivity contribution in [3.05, 3.63) is 35.4 Å². The van der Waals surface area contributed by atoms with Gasteiger partial charge in [0.2, 0.25) is 0 Å². The lowest BCUT2D eigenvalue weighted by atomic mass is 10.0. The summed E-state index contributed by atoms with van der Waals surface area (Å²) in [5.41, 5.74) is -0.0340. The zero-order chi connectivity index (χ0) is 13.9. The molecule has 0 spiro atoms. The molecule has 19 heavy (non-hydrogen) atoms. The maximum absolute atomic E-state index is 12.6. The maximum Gasteiger partial charge on any atom is 0.416 e. The van der Waals surface area contributed by atoms with Crippen molar-refractivity contribution in [2.45, 2.75) is 38.0 Å². The fourth-order valence-corrected chi connectivity index (χ4v) is 2.45. The molecule has 2 rings (SSSR count). The van der Waals surface area contributed by atoms with E-state index < -0.39 is 11.7 Å². The molecule has 0 bridgehead atoms. The van der Waals surface area contributed by atoms with E-state index in [-0.39, 0.29) is 6.04 Å². The van der Waals surface area contributed by atoms with E-state index in [2.05, 4.69) is 0 Å². The summed E-state index contributed by atoms with van der Waals surface area (Å²) < 4.78 is 37.9. The topological polar surface area (TPSA) is 20.3 Å². The van der Waals surface area contributed by atoms with Crippen LogP contribution in [0.25, 0.3) is 0 Å². The smallest absolute Gasteiger partial charge is 0.302 e. The van der Waals surface area contributed by atoms with Gasteiger partial charge in [-0.15, -0.1) is 0 Å². The number of carbonyl (C=O) groups excluding carboxylic acids is 1. The van der Waals surface area contributed by atoms with Crippen LogP contribution < -0.4 is 0 Å². The highest BCUT2D eigenvalue weighted by Crippen LogP contribution is 2.30. The van der Waals surface area contributed by atoms with Gasteiger partial charge in [0.1, 0.15) is 6.29 Å². The molecule has 0 N–H and O–H groups in total. The van der Waals surface area contributed by atoms with Crippen LogP contribution in [-0.2, 0) is 17.5 Å². The van der Waals surface area contributed by atoms with Gasteiger partial charge in [-0.25, -0.2) is 0 Å². The van der Waals surface area contributed by atoms with Crippen molar-refractivity contribution in [2.24, 2.45) is 0 Å². The second-order valence-electron chi connectivity index (χ2n) is 4.87. The minimum Gasteiger partial charge on any atom is -0.302 e. The number of piperidine rings is 1. The van der Waals surface area contributed by atoms with Gasteiger partial charge in [0.05, 0.1) is 11.6 Å². The first kappa shape index (κ1) is 14.1. The van der Waals surface area contributed by atoms with Gasteiger partial charge in [-0.05, 0) is 31.0 Å². The van der Waals surface area contributed by atoms with Gasteiger partial charge in [-0.3, -0.25) is 4.90 Å². The maximum atomic E-state index is 12.6. The van der Waals surface area contributed by atoms with E-state index in [0.29, 0.717) is 12.1 Å². The van der Waals surface area contributed by atoms with Crippen LogP contribution in [0.15, 0.2) is 24.3 Å². The van der Waals surface area contributed by atoms with Crippen molar-refractivity contribution in [2.75, 3.05) is 6.54 Å². The Morgan fingerprint density at radius 3 is 2.79 bits per heavy atom. The van der Waals surface area contributed by atoms with E-state index in [1.54, 1.807) is 6.07 Å². The lowest BCUT2D eigenvalue weighted by Crippen LogP contribution is -2.39. The Hall–Kier alpha value is -1.36. The quantitative estimate of drug-likeness (QED) is 0.786. The molecule has 5 heteroatoms. The highest BCUT2D eigenvalue weighted by atomic mass is 19.4. The molecule has 1 saturated heterocycles. The summed E-state index contributed by atoms with van der Waals surface area (Å²) in [4.78, 5) is 12.9. The zero-order valence-electron chi connectivity index (χ0n) is 10.5. The van der Waals surface area contributed by atoms with E-state index in [1.807, 2.05) is 4.90 Å². The first-order valence-corrected chi connectivity index (χ1v) is 6.36. The first-order valence-electron chi connectivity index (χ1n) is 6.36. The number of alkyl halides is 3. The summed E-state index contributed by atoms with van der Waals surface area (Å²) in [5, 5.41) is 0. The Kier molecular flexibility index (Phi) is 4.24. The largest absolute Gasteiger partial charge is 0.416 e. The Labute approximate surface area is 110 Å². The van der Waals surface area contributed by atoms with E-state index in [1.165, 1.54) is 6.07 Å². The van der Waals surface area contributed by atoms with Gasteiger partial charge in [-0.2, -0.15) is 13.2 Å². The number of halogens is 3. The van der Waals surface area contributed by atoms with Gasteiger partial charge >= 0.3 is 6.18 Å². The molecule has 0 amide bonds. The molecule has 2 nitrogen and oxygen atoms in total. The molecule has 1 aromatic carbocycles. The number of nitrogens with zero attached hydrogens (tertiary/aromatic N) is 1. The van der Waals surface area contributed by atoms with E-state index in [4.69, 9.17) is 0 Å². The van der Waals surface area contributed by atoms with Crippen LogP contribution >= 0.6 is 0 Å². The molecule has 104 valence electrons. The average molecular weight is 271 g/mol. The summed E-state index contributed by atoms with van der Waals surface area (Å²) in [5.74, 6) is 0. The zero-order valence-corrected chi connectivity index (χ0v) is 10.5. The van der Waals surface area contributed by atoms with Crippen LogP contribution in [0.2, 0.25) is 0 Å². The third-order valence-electron chi connectivity index (χ3n) is 3.46. The number of aldehydes is 1. The summed E-state index contributed by atoms with van der Waals surface area (Å²) in [6.45, 7) is 1.16. The van der Waals surface area contributed by atoms with Crippen LogP contribution in [0.5, 0.6) is 0 Å². The third-order valence-corrected chi connectivity index (χ3v) is 3.46. The molecule has 1 aromatic rings. The van der Waals surface area contributed by atoms with Crippen LogP contribution in [0.1, 0.15) is 30.4 Å². The van der Waals surface area contributed by atoms with Crippen molar-refractivity contribution < 1.29 is 18.0 Å². The van der Waals surface area contributed by atoms with Crippen molar-refractivity contribution in [1.82, 2.24) is 4.90 Å². The molecule has 1 heterocycles. The van der Waals surface area contributed by atoms with E-state index in [0.717, 1.165) is 44.2 Å². The number of rotatable bonds is 3. The molecule has 0 saturated carbocycles. The van der Waals surface area contributed by atoms with E-state index in [9.17, 15) is 18.0 Å². The molecule has 0 radical (unpaired) electrons. The number of benzene rings is 1. The van der Waals surface area contributed by atoms with Crippen LogP contribution in [0, 0.1) is 0 Å². The summed E-state index contributed by atoms with van der Waals surface area (Å²) in [6, 6.07) is 5.15. The van der Waals surface area contributed by atoms with Gasteiger partial charge < -0.3 is 4.79 Å². The Morgan fingerprint density at radius 1 is 1.32 bits per heavy atom. The number of carbonyl (C=O) groups is 1.